The second-order valence-corrected chi connectivity index (χ2v) is 2.77. The summed E-state index contributed by atoms with van der Waals surface area (Å²) >= 11 is 0. The van der Waals surface area contributed by atoms with Gasteiger partial charge >= 0.3 is 6.09 Å². The van der Waals surface area contributed by atoms with Crippen LogP contribution >= 0.6 is 0 Å². The molecule has 0 aliphatic carbocycles. The molecule has 1 aromatic rings. The number of nitrogens with zero attached hydrogens (tertiary/aromatic N) is 1. The molecule has 0 saturated heterocycles. The molecule has 5 heteroatoms. The molecule has 0 fully saturated rings. The van der Waals surface area contributed by atoms with E-state index >= 15 is 0 Å². The van der Waals surface area contributed by atoms with E-state index in [1.807, 2.05) is 6.07 Å². The van der Waals surface area contributed by atoms with Gasteiger partial charge in [-0.25, -0.2) is 4.79 Å². The zero-order valence-electron chi connectivity index (χ0n) is 7.59. The standard InChI is InChI=1S/C9H12N2O3/c10-9(13)14-8(6-12)5-7-3-1-2-4-11-7/h1-4,8,12H,5-6H2,(H2,10,13)/t8-/m1/s1. The molecule has 0 unspecified atom stereocenters. The molecule has 1 atom stereocenters. The van der Waals surface area contributed by atoms with Gasteiger partial charge in [0.1, 0.15) is 6.10 Å². The first kappa shape index (κ1) is 10.5. The first-order valence-corrected chi connectivity index (χ1v) is 4.19. The predicted octanol–water partition coefficient (Wildman–Crippen LogP) is 0.0803. The highest BCUT2D eigenvalue weighted by atomic mass is 16.6. The van der Waals surface area contributed by atoms with E-state index in [2.05, 4.69) is 9.72 Å². The third-order valence-corrected chi connectivity index (χ3v) is 1.65. The quantitative estimate of drug-likeness (QED) is 0.714. The van der Waals surface area contributed by atoms with Gasteiger partial charge in [0, 0.05) is 18.3 Å². The number of aliphatic hydroxyl groups excluding tert-OH is 1. The minimum atomic E-state index is -0.889. The molecule has 0 saturated carbocycles. The van der Waals surface area contributed by atoms with E-state index in [1.54, 1.807) is 18.3 Å². The van der Waals surface area contributed by atoms with Crippen LogP contribution < -0.4 is 5.73 Å². The van der Waals surface area contributed by atoms with Crippen LogP contribution in [0, 0.1) is 0 Å². The number of ether oxygens (including phenoxy) is 1. The Labute approximate surface area is 81.5 Å². The lowest BCUT2D eigenvalue weighted by molar-refractivity contribution is 0.0634. The van der Waals surface area contributed by atoms with Crippen LogP contribution in [0.25, 0.3) is 0 Å². The van der Waals surface area contributed by atoms with Gasteiger partial charge < -0.3 is 15.6 Å². The summed E-state index contributed by atoms with van der Waals surface area (Å²) < 4.78 is 4.65. The number of nitrogens with two attached hydrogens (primary N) is 1. The number of carbonyl (C=O) groups is 1. The maximum atomic E-state index is 10.4. The molecule has 0 spiro atoms. The lowest BCUT2D eigenvalue weighted by Gasteiger charge is -2.12. The van der Waals surface area contributed by atoms with E-state index in [0.717, 1.165) is 5.69 Å². The van der Waals surface area contributed by atoms with Gasteiger partial charge in [-0.05, 0) is 12.1 Å². The Morgan fingerprint density at radius 3 is 2.93 bits per heavy atom. The number of rotatable bonds is 4. The maximum absolute atomic E-state index is 10.4. The van der Waals surface area contributed by atoms with Crippen molar-refractivity contribution in [3.8, 4) is 0 Å². The number of hydrogen-bond acceptors (Lipinski definition) is 4. The molecule has 76 valence electrons. The average molecular weight is 196 g/mol. The van der Waals surface area contributed by atoms with Crippen molar-refractivity contribution in [2.75, 3.05) is 6.61 Å². The van der Waals surface area contributed by atoms with E-state index in [4.69, 9.17) is 10.8 Å². The zero-order valence-corrected chi connectivity index (χ0v) is 7.59. The Morgan fingerprint density at radius 2 is 2.43 bits per heavy atom. The summed E-state index contributed by atoms with van der Waals surface area (Å²) in [5.74, 6) is 0. The van der Waals surface area contributed by atoms with Crippen molar-refractivity contribution in [2.45, 2.75) is 12.5 Å². The number of aromatic nitrogens is 1. The van der Waals surface area contributed by atoms with Crippen LogP contribution in [-0.4, -0.2) is 28.9 Å². The first-order chi connectivity index (χ1) is 6.72. The lowest BCUT2D eigenvalue weighted by atomic mass is 10.2. The van der Waals surface area contributed by atoms with Crippen molar-refractivity contribution < 1.29 is 14.6 Å². The van der Waals surface area contributed by atoms with Crippen LogP contribution in [0.2, 0.25) is 0 Å². The summed E-state index contributed by atoms with van der Waals surface area (Å²) in [7, 11) is 0. The molecular formula is C9H12N2O3. The van der Waals surface area contributed by atoms with Gasteiger partial charge in [0.25, 0.3) is 0 Å². The molecule has 14 heavy (non-hydrogen) atoms. The number of carbonyl (C=O) groups excluding carboxylic acids is 1. The second-order valence-electron chi connectivity index (χ2n) is 2.77. The van der Waals surface area contributed by atoms with Crippen LogP contribution in [0.5, 0.6) is 0 Å². The first-order valence-electron chi connectivity index (χ1n) is 4.19. The van der Waals surface area contributed by atoms with Crippen molar-refractivity contribution in [3.63, 3.8) is 0 Å². The summed E-state index contributed by atoms with van der Waals surface area (Å²) in [6.07, 6.45) is 0.483. The topological polar surface area (TPSA) is 85.4 Å². The SMILES string of the molecule is NC(=O)O[C@@H](CO)Cc1ccccn1. The van der Waals surface area contributed by atoms with E-state index < -0.39 is 12.2 Å². The fourth-order valence-corrected chi connectivity index (χ4v) is 1.06. The molecule has 0 aliphatic rings. The molecular weight excluding hydrogens is 184 g/mol. The molecule has 0 radical (unpaired) electrons. The molecule has 1 rings (SSSR count). The summed E-state index contributed by atoms with van der Waals surface area (Å²) in [5, 5.41) is 8.88. The average Bonchev–Trinajstić information content (AvgIpc) is 2.17. The van der Waals surface area contributed by atoms with E-state index in [1.165, 1.54) is 0 Å². The Morgan fingerprint density at radius 1 is 1.64 bits per heavy atom. The summed E-state index contributed by atoms with van der Waals surface area (Å²) in [5.41, 5.74) is 5.57. The van der Waals surface area contributed by atoms with Gasteiger partial charge in [0.05, 0.1) is 6.61 Å². The highest BCUT2D eigenvalue weighted by Crippen LogP contribution is 2.02. The number of primary amides is 1. The Hall–Kier alpha value is -1.62. The number of pyridine rings is 1. The van der Waals surface area contributed by atoms with Gasteiger partial charge in [-0.1, -0.05) is 6.07 Å². The van der Waals surface area contributed by atoms with Crippen LogP contribution in [-0.2, 0) is 11.2 Å². The van der Waals surface area contributed by atoms with Crippen LogP contribution in [0.15, 0.2) is 24.4 Å². The van der Waals surface area contributed by atoms with E-state index in [-0.39, 0.29) is 6.61 Å². The molecule has 0 bridgehead atoms. The fraction of sp³-hybridized carbons (Fsp3) is 0.333. The number of hydrogen-bond donors (Lipinski definition) is 2. The Bertz CT molecular complexity index is 289. The summed E-state index contributed by atoms with van der Waals surface area (Å²) in [4.78, 5) is 14.5. The third-order valence-electron chi connectivity index (χ3n) is 1.65. The summed E-state index contributed by atoms with van der Waals surface area (Å²) in [6.45, 7) is -0.264. The lowest BCUT2D eigenvalue weighted by Crippen LogP contribution is -2.27. The van der Waals surface area contributed by atoms with Gasteiger partial charge in [-0.15, -0.1) is 0 Å². The van der Waals surface area contributed by atoms with Gasteiger partial charge in [0.15, 0.2) is 0 Å². The fourth-order valence-electron chi connectivity index (χ4n) is 1.06. The molecule has 0 aromatic carbocycles. The van der Waals surface area contributed by atoms with Crippen molar-refractivity contribution in [1.82, 2.24) is 4.98 Å². The van der Waals surface area contributed by atoms with Crippen molar-refractivity contribution >= 4 is 6.09 Å². The highest BCUT2D eigenvalue weighted by molar-refractivity contribution is 5.64. The van der Waals surface area contributed by atoms with E-state index in [0.29, 0.717) is 6.42 Å². The monoisotopic (exact) mass is 196 g/mol. The summed E-state index contributed by atoms with van der Waals surface area (Å²) in [6, 6.07) is 5.39. The molecule has 1 aromatic heterocycles. The normalized spacial score (nSPS) is 12.1. The number of aliphatic hydroxyl groups is 1. The zero-order chi connectivity index (χ0) is 10.4. The minimum absolute atomic E-state index is 0.264. The number of amides is 1. The Balaban J connectivity index is 2.53. The van der Waals surface area contributed by atoms with E-state index in [9.17, 15) is 4.79 Å². The van der Waals surface area contributed by atoms with Gasteiger partial charge in [-0.2, -0.15) is 0 Å². The van der Waals surface area contributed by atoms with Gasteiger partial charge in [0.2, 0.25) is 0 Å². The largest absolute Gasteiger partial charge is 0.444 e. The molecule has 1 heterocycles. The minimum Gasteiger partial charge on any atom is -0.444 e. The van der Waals surface area contributed by atoms with Crippen LogP contribution in [0.1, 0.15) is 5.69 Å². The predicted molar refractivity (Wildman–Crippen MR) is 49.5 cm³/mol. The Kier molecular flexibility index (Phi) is 3.87. The third kappa shape index (κ3) is 3.40. The molecule has 1 amide bonds. The molecule has 5 nitrogen and oxygen atoms in total. The molecule has 3 N–H and O–H groups in total. The highest BCUT2D eigenvalue weighted by Gasteiger charge is 2.12. The van der Waals surface area contributed by atoms with Crippen molar-refractivity contribution in [1.29, 1.82) is 0 Å². The molecule has 0 aliphatic heterocycles. The maximum Gasteiger partial charge on any atom is 0.404 e. The van der Waals surface area contributed by atoms with Gasteiger partial charge in [-0.3, -0.25) is 4.98 Å². The smallest absolute Gasteiger partial charge is 0.404 e. The van der Waals surface area contributed by atoms with Crippen molar-refractivity contribution in [2.24, 2.45) is 5.73 Å². The van der Waals surface area contributed by atoms with Crippen molar-refractivity contribution in [3.05, 3.63) is 30.1 Å². The van der Waals surface area contributed by atoms with Crippen LogP contribution in [0.4, 0.5) is 4.79 Å². The van der Waals surface area contributed by atoms with Crippen LogP contribution in [0.3, 0.4) is 0 Å². The second kappa shape index (κ2) is 5.18.